The van der Waals surface area contributed by atoms with E-state index in [0.29, 0.717) is 29.5 Å². The Morgan fingerprint density at radius 2 is 1.84 bits per heavy atom. The summed E-state index contributed by atoms with van der Waals surface area (Å²) in [5.41, 5.74) is 2.41. The quantitative estimate of drug-likeness (QED) is 0.187. The zero-order chi connectivity index (χ0) is 26.1. The largest absolute Gasteiger partial charge is 0.507 e. The Bertz CT molecular complexity index is 1520. The van der Waals surface area contributed by atoms with Crippen molar-refractivity contribution in [2.75, 3.05) is 13.2 Å². The number of nitrogens with zero attached hydrogens (tertiary/aromatic N) is 1. The van der Waals surface area contributed by atoms with E-state index in [1.165, 1.54) is 23.1 Å². The molecule has 1 unspecified atom stereocenters. The molecule has 2 heterocycles. The maximum absolute atomic E-state index is 13.4. The Labute approximate surface area is 212 Å². The van der Waals surface area contributed by atoms with Crippen molar-refractivity contribution >= 4 is 28.4 Å². The lowest BCUT2D eigenvalue weighted by atomic mass is 9.94. The topological polar surface area (TPSA) is 103 Å². The summed E-state index contributed by atoms with van der Waals surface area (Å²) in [6.07, 6.45) is 1.97. The van der Waals surface area contributed by atoms with Crippen LogP contribution in [-0.4, -0.2) is 44.9 Å². The molecule has 3 aromatic carbocycles. The monoisotopic (exact) mass is 500 g/mol. The van der Waals surface area contributed by atoms with Crippen LogP contribution in [0.5, 0.6) is 11.5 Å². The number of aromatic hydroxyl groups is 1. The van der Waals surface area contributed by atoms with Gasteiger partial charge in [-0.2, -0.15) is 0 Å². The van der Waals surface area contributed by atoms with Crippen LogP contribution in [0, 0.1) is 5.82 Å². The van der Waals surface area contributed by atoms with Crippen LogP contribution in [0.1, 0.15) is 29.7 Å². The number of aliphatic hydroxyl groups is 1. The van der Waals surface area contributed by atoms with Gasteiger partial charge in [-0.15, -0.1) is 0 Å². The summed E-state index contributed by atoms with van der Waals surface area (Å²) in [5, 5.41) is 22.4. The number of fused-ring (bicyclic) bond motifs is 1. The van der Waals surface area contributed by atoms with Gasteiger partial charge in [-0.05, 0) is 54.8 Å². The Hall–Kier alpha value is -4.59. The van der Waals surface area contributed by atoms with E-state index in [1.807, 2.05) is 24.3 Å². The van der Waals surface area contributed by atoms with Crippen molar-refractivity contribution in [3.63, 3.8) is 0 Å². The number of aliphatic hydroxyl groups excluding tert-OH is 1. The van der Waals surface area contributed by atoms with E-state index in [-0.39, 0.29) is 35.2 Å². The van der Waals surface area contributed by atoms with E-state index >= 15 is 0 Å². The lowest BCUT2D eigenvalue weighted by Crippen LogP contribution is -2.31. The fourth-order valence-corrected chi connectivity index (χ4v) is 4.74. The maximum Gasteiger partial charge on any atom is 0.295 e. The van der Waals surface area contributed by atoms with E-state index in [0.717, 1.165) is 11.1 Å². The number of nitrogens with one attached hydrogen (secondary N) is 1. The first-order chi connectivity index (χ1) is 17.9. The molecule has 1 aliphatic rings. The van der Waals surface area contributed by atoms with Crippen molar-refractivity contribution in [2.24, 2.45) is 0 Å². The van der Waals surface area contributed by atoms with Crippen molar-refractivity contribution in [3.05, 3.63) is 101 Å². The predicted octanol–water partition coefficient (Wildman–Crippen LogP) is 5.08. The molecule has 5 rings (SSSR count). The summed E-state index contributed by atoms with van der Waals surface area (Å²) in [7, 11) is 0. The van der Waals surface area contributed by atoms with Crippen molar-refractivity contribution < 1.29 is 28.9 Å². The van der Waals surface area contributed by atoms with E-state index in [4.69, 9.17) is 4.74 Å². The second-order valence-electron chi connectivity index (χ2n) is 8.78. The Morgan fingerprint density at radius 1 is 1.08 bits per heavy atom. The number of hydrogen-bond donors (Lipinski definition) is 3. The first kappa shape index (κ1) is 24.1. The highest BCUT2D eigenvalue weighted by molar-refractivity contribution is 6.46. The van der Waals surface area contributed by atoms with Gasteiger partial charge < -0.3 is 24.8 Å². The molecule has 1 fully saturated rings. The third-order valence-electron chi connectivity index (χ3n) is 6.54. The molecule has 7 nitrogen and oxygen atoms in total. The third-order valence-corrected chi connectivity index (χ3v) is 6.54. The number of likely N-dealkylation sites (tertiary alicyclic amines) is 1. The molecular formula is C29H25FN2O5. The summed E-state index contributed by atoms with van der Waals surface area (Å²) >= 11 is 0. The summed E-state index contributed by atoms with van der Waals surface area (Å²) < 4.78 is 18.9. The fraction of sp³-hybridized carbons (Fsp3) is 0.172. The molecule has 188 valence electrons. The van der Waals surface area contributed by atoms with Crippen LogP contribution in [0.25, 0.3) is 16.7 Å². The van der Waals surface area contributed by atoms with Crippen LogP contribution < -0.4 is 4.74 Å². The molecular weight excluding hydrogens is 475 g/mol. The summed E-state index contributed by atoms with van der Waals surface area (Å²) in [4.78, 5) is 31.1. The Morgan fingerprint density at radius 3 is 2.59 bits per heavy atom. The molecule has 0 saturated carbocycles. The van der Waals surface area contributed by atoms with Crippen LogP contribution in [0.2, 0.25) is 0 Å². The molecule has 1 amide bonds. The Balaban J connectivity index is 1.63. The number of phenolic OH excluding ortho intramolecular Hbond substituents is 1. The molecule has 0 aliphatic carbocycles. The lowest BCUT2D eigenvalue weighted by molar-refractivity contribution is -0.139. The number of amides is 1. The Kier molecular flexibility index (Phi) is 6.40. The minimum atomic E-state index is -0.922. The molecule has 0 radical (unpaired) electrons. The summed E-state index contributed by atoms with van der Waals surface area (Å²) in [5.74, 6) is -2.09. The summed E-state index contributed by atoms with van der Waals surface area (Å²) in [6, 6.07) is 16.9. The number of aromatic nitrogens is 1. The molecule has 1 atom stereocenters. The molecule has 37 heavy (non-hydrogen) atoms. The zero-order valence-corrected chi connectivity index (χ0v) is 20.1. The average Bonchev–Trinajstić information content (AvgIpc) is 3.44. The van der Waals surface area contributed by atoms with E-state index < -0.39 is 17.7 Å². The molecule has 4 aromatic rings. The number of carbonyl (C=O) groups is 2. The number of phenols is 1. The van der Waals surface area contributed by atoms with Crippen molar-refractivity contribution in [1.82, 2.24) is 9.88 Å². The van der Waals surface area contributed by atoms with E-state index in [2.05, 4.69) is 4.98 Å². The van der Waals surface area contributed by atoms with Gasteiger partial charge >= 0.3 is 0 Å². The number of benzene rings is 3. The lowest BCUT2D eigenvalue weighted by Gasteiger charge is -2.26. The number of rotatable bonds is 7. The van der Waals surface area contributed by atoms with Gasteiger partial charge in [0.1, 0.15) is 11.6 Å². The van der Waals surface area contributed by atoms with Crippen LogP contribution in [0.3, 0.4) is 0 Å². The first-order valence-corrected chi connectivity index (χ1v) is 11.9. The van der Waals surface area contributed by atoms with Crippen LogP contribution in [-0.2, 0) is 16.0 Å². The van der Waals surface area contributed by atoms with Crippen molar-refractivity contribution in [1.29, 1.82) is 0 Å². The highest BCUT2D eigenvalue weighted by atomic mass is 19.1. The molecule has 0 bridgehead atoms. The average molecular weight is 501 g/mol. The summed E-state index contributed by atoms with van der Waals surface area (Å²) in [6.45, 7) is 2.23. The molecule has 1 saturated heterocycles. The fourth-order valence-electron chi connectivity index (χ4n) is 4.74. The van der Waals surface area contributed by atoms with Crippen molar-refractivity contribution in [3.8, 4) is 11.5 Å². The first-order valence-electron chi connectivity index (χ1n) is 11.9. The molecule has 1 aliphatic heterocycles. The molecule has 3 N–H and O–H groups in total. The minimum absolute atomic E-state index is 0.0537. The SMILES string of the molecule is CCOc1cc(C2/C(=C(/O)c3c[nH]c4ccccc34)C(=O)C(=O)N2CCc2ccc(F)cc2)ccc1O. The predicted molar refractivity (Wildman–Crippen MR) is 137 cm³/mol. The number of halogens is 1. The second kappa shape index (κ2) is 9.81. The van der Waals surface area contributed by atoms with E-state index in [9.17, 15) is 24.2 Å². The number of ketones is 1. The second-order valence-corrected chi connectivity index (χ2v) is 8.78. The third kappa shape index (κ3) is 4.42. The maximum atomic E-state index is 13.4. The van der Waals surface area contributed by atoms with Gasteiger partial charge in [-0.1, -0.05) is 36.4 Å². The number of hydrogen-bond acceptors (Lipinski definition) is 5. The normalized spacial score (nSPS) is 17.0. The van der Waals surface area contributed by atoms with Gasteiger partial charge in [-0.25, -0.2) is 4.39 Å². The van der Waals surface area contributed by atoms with Crippen LogP contribution >= 0.6 is 0 Å². The number of H-pyrrole nitrogens is 1. The van der Waals surface area contributed by atoms with Gasteiger partial charge in [0, 0.05) is 29.2 Å². The van der Waals surface area contributed by atoms with E-state index in [1.54, 1.807) is 37.4 Å². The smallest absolute Gasteiger partial charge is 0.295 e. The standard InChI is InChI=1S/C29H25FN2O5/c1-2-37-24-15-18(9-12-23(24)33)26-25(27(34)21-16-31-22-6-4-3-5-20(21)22)28(35)29(36)32(26)14-13-17-7-10-19(30)11-8-17/h3-12,15-16,26,31,33-34H,2,13-14H2,1H3/b27-25-. The molecule has 1 aromatic heterocycles. The number of carbonyl (C=O) groups excluding carboxylic acids is 2. The van der Waals surface area contributed by atoms with Gasteiger partial charge in [-0.3, -0.25) is 9.59 Å². The van der Waals surface area contributed by atoms with Gasteiger partial charge in [0.2, 0.25) is 0 Å². The van der Waals surface area contributed by atoms with Crippen LogP contribution in [0.15, 0.2) is 78.5 Å². The van der Waals surface area contributed by atoms with Gasteiger partial charge in [0.25, 0.3) is 11.7 Å². The van der Waals surface area contributed by atoms with Crippen molar-refractivity contribution in [2.45, 2.75) is 19.4 Å². The highest BCUT2D eigenvalue weighted by Gasteiger charge is 2.46. The molecule has 8 heteroatoms. The van der Waals surface area contributed by atoms with Crippen LogP contribution in [0.4, 0.5) is 4.39 Å². The number of ether oxygens (including phenoxy) is 1. The number of para-hydroxylation sites is 1. The number of Topliss-reactive ketones (excluding diaryl/α,β-unsaturated/α-hetero) is 1. The minimum Gasteiger partial charge on any atom is -0.507 e. The molecule has 0 spiro atoms. The number of aromatic amines is 1. The van der Waals surface area contributed by atoms with Gasteiger partial charge in [0.15, 0.2) is 11.5 Å². The zero-order valence-electron chi connectivity index (χ0n) is 20.1. The van der Waals surface area contributed by atoms with Gasteiger partial charge in [0.05, 0.1) is 18.2 Å². The highest BCUT2D eigenvalue weighted by Crippen LogP contribution is 2.42.